The van der Waals surface area contributed by atoms with Crippen molar-refractivity contribution < 1.29 is 19.0 Å². The summed E-state index contributed by atoms with van der Waals surface area (Å²) in [6.07, 6.45) is 1.40. The molecule has 0 spiro atoms. The lowest BCUT2D eigenvalue weighted by atomic mass is 9.93. The SMILES string of the molecule is COCCn1nnnc1[C@@H](c1ccc(OC)cc1OC)N1CCC(C(N)=O)CC1. The second-order valence-electron chi connectivity index (χ2n) is 6.98. The first-order valence-electron chi connectivity index (χ1n) is 9.59. The number of nitrogens with two attached hydrogens (primary N) is 1. The Morgan fingerprint density at radius 2 is 2.00 bits per heavy atom. The van der Waals surface area contributed by atoms with E-state index < -0.39 is 0 Å². The summed E-state index contributed by atoms with van der Waals surface area (Å²) >= 11 is 0. The molecule has 2 aromatic rings. The molecule has 1 aliphatic rings. The number of rotatable bonds is 9. The quantitative estimate of drug-likeness (QED) is 0.646. The molecule has 1 aliphatic heterocycles. The van der Waals surface area contributed by atoms with Crippen molar-refractivity contribution in [3.05, 3.63) is 29.6 Å². The third-order valence-corrected chi connectivity index (χ3v) is 5.34. The van der Waals surface area contributed by atoms with E-state index in [0.29, 0.717) is 56.4 Å². The maximum absolute atomic E-state index is 11.6. The zero-order valence-corrected chi connectivity index (χ0v) is 17.1. The molecule has 158 valence electrons. The molecule has 0 aliphatic carbocycles. The fourth-order valence-corrected chi connectivity index (χ4v) is 3.73. The molecule has 2 heterocycles. The Hall–Kier alpha value is -2.72. The van der Waals surface area contributed by atoms with Gasteiger partial charge in [-0.3, -0.25) is 9.69 Å². The van der Waals surface area contributed by atoms with Crippen LogP contribution < -0.4 is 15.2 Å². The van der Waals surface area contributed by atoms with Crippen molar-refractivity contribution >= 4 is 5.91 Å². The molecular formula is C19H28N6O4. The zero-order chi connectivity index (χ0) is 20.8. The molecule has 2 N–H and O–H groups in total. The lowest BCUT2D eigenvalue weighted by molar-refractivity contribution is -0.123. The highest BCUT2D eigenvalue weighted by atomic mass is 16.5. The highest BCUT2D eigenvalue weighted by Crippen LogP contribution is 2.37. The predicted octanol–water partition coefficient (Wildman–Crippen LogP) is 0.623. The topological polar surface area (TPSA) is 118 Å². The number of likely N-dealkylation sites (tertiary alicyclic amines) is 1. The Morgan fingerprint density at radius 3 is 2.62 bits per heavy atom. The molecule has 1 fully saturated rings. The van der Waals surface area contributed by atoms with Crippen molar-refractivity contribution in [3.8, 4) is 11.5 Å². The van der Waals surface area contributed by atoms with Gasteiger partial charge < -0.3 is 19.9 Å². The van der Waals surface area contributed by atoms with E-state index in [2.05, 4.69) is 20.4 Å². The average molecular weight is 404 g/mol. The molecule has 0 bridgehead atoms. The smallest absolute Gasteiger partial charge is 0.220 e. The number of benzene rings is 1. The molecule has 10 heteroatoms. The second-order valence-corrected chi connectivity index (χ2v) is 6.98. The summed E-state index contributed by atoms with van der Waals surface area (Å²) in [4.78, 5) is 13.9. The molecule has 0 radical (unpaired) electrons. The molecule has 1 saturated heterocycles. The minimum Gasteiger partial charge on any atom is -0.497 e. The van der Waals surface area contributed by atoms with Gasteiger partial charge in [-0.2, -0.15) is 0 Å². The van der Waals surface area contributed by atoms with Crippen LogP contribution in [0.1, 0.15) is 30.3 Å². The summed E-state index contributed by atoms with van der Waals surface area (Å²) in [6, 6.07) is 5.47. The van der Waals surface area contributed by atoms with Crippen molar-refractivity contribution in [1.29, 1.82) is 0 Å². The Kier molecular flexibility index (Phi) is 6.99. The van der Waals surface area contributed by atoms with Gasteiger partial charge in [0, 0.05) is 24.7 Å². The van der Waals surface area contributed by atoms with Gasteiger partial charge in [-0.05, 0) is 48.5 Å². The molecule has 10 nitrogen and oxygen atoms in total. The van der Waals surface area contributed by atoms with Crippen LogP contribution in [0, 0.1) is 5.92 Å². The van der Waals surface area contributed by atoms with Gasteiger partial charge in [-0.1, -0.05) is 0 Å². The van der Waals surface area contributed by atoms with Gasteiger partial charge in [0.25, 0.3) is 0 Å². The molecule has 1 amide bonds. The number of carbonyl (C=O) groups is 1. The first-order chi connectivity index (χ1) is 14.1. The van der Waals surface area contributed by atoms with Gasteiger partial charge in [0.15, 0.2) is 5.82 Å². The van der Waals surface area contributed by atoms with Crippen LogP contribution in [0.15, 0.2) is 18.2 Å². The molecule has 0 unspecified atom stereocenters. The van der Waals surface area contributed by atoms with Crippen LogP contribution in [0.25, 0.3) is 0 Å². The Labute approximate surface area is 169 Å². The zero-order valence-electron chi connectivity index (χ0n) is 17.1. The van der Waals surface area contributed by atoms with Crippen molar-refractivity contribution in [3.63, 3.8) is 0 Å². The van der Waals surface area contributed by atoms with E-state index >= 15 is 0 Å². The largest absolute Gasteiger partial charge is 0.497 e. The third kappa shape index (κ3) is 4.65. The molecule has 29 heavy (non-hydrogen) atoms. The molecular weight excluding hydrogens is 376 g/mol. The summed E-state index contributed by atoms with van der Waals surface area (Å²) in [7, 11) is 4.89. The lowest BCUT2D eigenvalue weighted by Gasteiger charge is -2.36. The number of hydrogen-bond acceptors (Lipinski definition) is 8. The van der Waals surface area contributed by atoms with E-state index in [4.69, 9.17) is 19.9 Å². The Bertz CT molecular complexity index is 819. The van der Waals surface area contributed by atoms with E-state index in [1.54, 1.807) is 26.0 Å². The van der Waals surface area contributed by atoms with E-state index in [1.165, 1.54) is 0 Å². The number of primary amides is 1. The number of methoxy groups -OCH3 is 3. The minimum atomic E-state index is -0.242. The third-order valence-electron chi connectivity index (χ3n) is 5.34. The fraction of sp³-hybridized carbons (Fsp3) is 0.579. The van der Waals surface area contributed by atoms with E-state index in [1.807, 2.05) is 18.2 Å². The number of hydrogen-bond donors (Lipinski definition) is 1. The number of amides is 1. The van der Waals surface area contributed by atoms with Gasteiger partial charge in [-0.15, -0.1) is 5.10 Å². The normalized spacial score (nSPS) is 16.5. The standard InChI is InChI=1S/C19H28N6O4/c1-27-11-10-25-19(21-22-23-25)17(24-8-6-13(7-9-24)18(20)26)15-5-4-14(28-2)12-16(15)29-3/h4-5,12-13,17H,6-11H2,1-3H3,(H2,20,26)/t17-/m1/s1. The number of carbonyl (C=O) groups excluding carboxylic acids is 1. The Balaban J connectivity index is 1.99. The minimum absolute atomic E-state index is 0.103. The average Bonchev–Trinajstić information content (AvgIpc) is 3.21. The van der Waals surface area contributed by atoms with Crippen LogP contribution in [-0.4, -0.2) is 72.0 Å². The van der Waals surface area contributed by atoms with Crippen LogP contribution >= 0.6 is 0 Å². The molecule has 1 aromatic carbocycles. The van der Waals surface area contributed by atoms with Crippen molar-refractivity contribution in [2.45, 2.75) is 25.4 Å². The van der Waals surface area contributed by atoms with Crippen LogP contribution in [0.3, 0.4) is 0 Å². The van der Waals surface area contributed by atoms with Crippen molar-refractivity contribution in [2.75, 3.05) is 41.0 Å². The number of ether oxygens (including phenoxy) is 3. The number of piperidine rings is 1. The molecule has 1 atom stereocenters. The summed E-state index contributed by atoms with van der Waals surface area (Å²) < 4.78 is 17.9. The first kappa shape index (κ1) is 21.0. The van der Waals surface area contributed by atoms with Gasteiger partial charge in [0.05, 0.1) is 27.4 Å². The predicted molar refractivity (Wildman–Crippen MR) is 105 cm³/mol. The monoisotopic (exact) mass is 404 g/mol. The molecule has 1 aromatic heterocycles. The maximum atomic E-state index is 11.6. The summed E-state index contributed by atoms with van der Waals surface area (Å²) in [5.74, 6) is 1.74. The van der Waals surface area contributed by atoms with Gasteiger partial charge >= 0.3 is 0 Å². The maximum Gasteiger partial charge on any atom is 0.220 e. The molecule has 0 saturated carbocycles. The van der Waals surface area contributed by atoms with Crippen LogP contribution in [0.4, 0.5) is 0 Å². The van der Waals surface area contributed by atoms with Crippen LogP contribution in [0.2, 0.25) is 0 Å². The van der Waals surface area contributed by atoms with Crippen molar-refractivity contribution in [1.82, 2.24) is 25.1 Å². The highest BCUT2D eigenvalue weighted by molar-refractivity contribution is 5.76. The fourth-order valence-electron chi connectivity index (χ4n) is 3.73. The van der Waals surface area contributed by atoms with Crippen molar-refractivity contribution in [2.24, 2.45) is 11.7 Å². The number of nitrogens with zero attached hydrogens (tertiary/aromatic N) is 5. The van der Waals surface area contributed by atoms with Gasteiger partial charge in [0.2, 0.25) is 5.91 Å². The van der Waals surface area contributed by atoms with E-state index in [-0.39, 0.29) is 17.9 Å². The summed E-state index contributed by atoms with van der Waals surface area (Å²) in [5.41, 5.74) is 6.44. The highest BCUT2D eigenvalue weighted by Gasteiger charge is 2.34. The molecule has 3 rings (SSSR count). The van der Waals surface area contributed by atoms with E-state index in [9.17, 15) is 4.79 Å². The van der Waals surface area contributed by atoms with Crippen LogP contribution in [0.5, 0.6) is 11.5 Å². The first-order valence-corrected chi connectivity index (χ1v) is 9.59. The second kappa shape index (κ2) is 9.66. The van der Waals surface area contributed by atoms with E-state index in [0.717, 1.165) is 5.56 Å². The Morgan fingerprint density at radius 1 is 1.24 bits per heavy atom. The number of tetrazole rings is 1. The number of aromatic nitrogens is 4. The summed E-state index contributed by atoms with van der Waals surface area (Å²) in [6.45, 7) is 2.43. The van der Waals surface area contributed by atoms with Gasteiger partial charge in [0.1, 0.15) is 17.5 Å². The lowest BCUT2D eigenvalue weighted by Crippen LogP contribution is -2.41. The van der Waals surface area contributed by atoms with Crippen LogP contribution in [-0.2, 0) is 16.1 Å². The summed E-state index contributed by atoms with van der Waals surface area (Å²) in [5, 5.41) is 12.3. The van der Waals surface area contributed by atoms with Gasteiger partial charge in [-0.25, -0.2) is 4.68 Å².